The van der Waals surface area contributed by atoms with Crippen molar-refractivity contribution >= 4 is 17.5 Å². The highest BCUT2D eigenvalue weighted by Crippen LogP contribution is 2.34. The van der Waals surface area contributed by atoms with E-state index in [4.69, 9.17) is 25.6 Å². The van der Waals surface area contributed by atoms with Gasteiger partial charge in [0.25, 0.3) is 5.91 Å². The van der Waals surface area contributed by atoms with Crippen molar-refractivity contribution < 1.29 is 18.8 Å². The number of para-hydroxylation sites is 1. The smallest absolute Gasteiger partial charge is 0.258 e. The molecule has 0 unspecified atom stereocenters. The molecule has 0 radical (unpaired) electrons. The summed E-state index contributed by atoms with van der Waals surface area (Å²) in [7, 11) is 3.09. The number of carbonyl (C=O) groups is 1. The zero-order valence-corrected chi connectivity index (χ0v) is 19.0. The molecule has 1 amide bonds. The van der Waals surface area contributed by atoms with Gasteiger partial charge >= 0.3 is 0 Å². The second-order valence-electron chi connectivity index (χ2n) is 7.78. The van der Waals surface area contributed by atoms with Gasteiger partial charge in [-0.3, -0.25) is 4.79 Å². The van der Waals surface area contributed by atoms with Gasteiger partial charge in [-0.1, -0.05) is 42.1 Å². The lowest BCUT2D eigenvalue weighted by Gasteiger charge is -2.33. The van der Waals surface area contributed by atoms with Crippen LogP contribution in [0, 0.1) is 0 Å². The Bertz CT molecular complexity index is 1060. The Morgan fingerprint density at radius 2 is 1.84 bits per heavy atom. The zero-order chi connectivity index (χ0) is 22.5. The number of hydrogen-bond acceptors (Lipinski definition) is 6. The maximum Gasteiger partial charge on any atom is 0.258 e. The Hall–Kier alpha value is -3.06. The summed E-state index contributed by atoms with van der Waals surface area (Å²) < 4.78 is 16.4. The van der Waals surface area contributed by atoms with Gasteiger partial charge in [-0.15, -0.1) is 0 Å². The third-order valence-corrected chi connectivity index (χ3v) is 6.04. The van der Waals surface area contributed by atoms with Crippen molar-refractivity contribution in [3.8, 4) is 22.9 Å². The van der Waals surface area contributed by atoms with Crippen LogP contribution in [-0.2, 0) is 6.54 Å². The molecule has 8 heteroatoms. The number of nitrogens with zero attached hydrogens (tertiary/aromatic N) is 3. The van der Waals surface area contributed by atoms with E-state index in [-0.39, 0.29) is 18.5 Å². The molecule has 32 heavy (non-hydrogen) atoms. The normalized spacial score (nSPS) is 14.2. The summed E-state index contributed by atoms with van der Waals surface area (Å²) in [6, 6.07) is 12.6. The van der Waals surface area contributed by atoms with Crippen LogP contribution in [0.4, 0.5) is 0 Å². The number of ether oxygens (including phenoxy) is 2. The van der Waals surface area contributed by atoms with Crippen LogP contribution in [0.15, 0.2) is 47.0 Å². The Morgan fingerprint density at radius 3 is 2.53 bits per heavy atom. The molecule has 1 aliphatic carbocycles. The predicted octanol–water partition coefficient (Wildman–Crippen LogP) is 5.38. The van der Waals surface area contributed by atoms with Gasteiger partial charge in [0.05, 0.1) is 19.8 Å². The first-order valence-electron chi connectivity index (χ1n) is 10.7. The summed E-state index contributed by atoms with van der Waals surface area (Å²) >= 11 is 5.97. The molecule has 7 nitrogen and oxygen atoms in total. The highest BCUT2D eigenvalue weighted by molar-refractivity contribution is 6.30. The van der Waals surface area contributed by atoms with E-state index in [2.05, 4.69) is 10.1 Å². The average molecular weight is 456 g/mol. The summed E-state index contributed by atoms with van der Waals surface area (Å²) in [4.78, 5) is 20.1. The lowest BCUT2D eigenvalue weighted by atomic mass is 9.93. The van der Waals surface area contributed by atoms with Crippen LogP contribution in [0.5, 0.6) is 11.5 Å². The largest absolute Gasteiger partial charge is 0.493 e. The maximum atomic E-state index is 13.7. The molecule has 1 aromatic heterocycles. The van der Waals surface area contributed by atoms with E-state index >= 15 is 0 Å². The molecule has 3 aromatic rings. The number of benzene rings is 2. The first-order valence-corrected chi connectivity index (χ1v) is 11.1. The lowest BCUT2D eigenvalue weighted by Crippen LogP contribution is -2.41. The topological polar surface area (TPSA) is 77.7 Å². The molecule has 0 N–H and O–H groups in total. The van der Waals surface area contributed by atoms with E-state index in [1.54, 1.807) is 37.4 Å². The fraction of sp³-hybridized carbons (Fsp3) is 0.375. The quantitative estimate of drug-likeness (QED) is 0.475. The summed E-state index contributed by atoms with van der Waals surface area (Å²) in [5.74, 6) is 1.65. The van der Waals surface area contributed by atoms with E-state index < -0.39 is 0 Å². The van der Waals surface area contributed by atoms with Crippen LogP contribution < -0.4 is 9.47 Å². The minimum atomic E-state index is -0.140. The molecule has 2 aromatic carbocycles. The highest BCUT2D eigenvalue weighted by atomic mass is 35.5. The molecule has 0 atom stereocenters. The van der Waals surface area contributed by atoms with E-state index in [9.17, 15) is 4.79 Å². The number of amides is 1. The lowest BCUT2D eigenvalue weighted by molar-refractivity contribution is 0.0582. The molecule has 1 fully saturated rings. The number of methoxy groups -OCH3 is 2. The first kappa shape index (κ1) is 22.1. The van der Waals surface area contributed by atoms with Gasteiger partial charge in [0.15, 0.2) is 11.5 Å². The molecule has 0 spiro atoms. The van der Waals surface area contributed by atoms with Gasteiger partial charge < -0.3 is 18.9 Å². The third-order valence-electron chi connectivity index (χ3n) is 5.79. The second kappa shape index (κ2) is 10.0. The number of hydrogen-bond donors (Lipinski definition) is 0. The number of halogens is 1. The molecule has 0 aliphatic heterocycles. The van der Waals surface area contributed by atoms with Gasteiger partial charge in [0, 0.05) is 16.6 Å². The van der Waals surface area contributed by atoms with Gasteiger partial charge in [-0.2, -0.15) is 4.98 Å². The van der Waals surface area contributed by atoms with Gasteiger partial charge in [-0.25, -0.2) is 0 Å². The van der Waals surface area contributed by atoms with Crippen molar-refractivity contribution in [1.29, 1.82) is 0 Å². The Labute approximate surface area is 192 Å². The standard InChI is InChI=1S/C24H26ClN3O4/c1-30-20-10-6-9-19(22(20)31-2)24(29)28(18-7-4-3-5-8-18)15-21-26-23(27-32-21)16-11-13-17(25)14-12-16/h6,9-14,18H,3-5,7-8,15H2,1-2H3. The van der Waals surface area contributed by atoms with Crippen LogP contribution in [0.3, 0.4) is 0 Å². The van der Waals surface area contributed by atoms with Crippen LogP contribution in [0.25, 0.3) is 11.4 Å². The van der Waals surface area contributed by atoms with E-state index in [0.29, 0.717) is 33.8 Å². The van der Waals surface area contributed by atoms with E-state index in [0.717, 1.165) is 31.2 Å². The van der Waals surface area contributed by atoms with E-state index in [1.807, 2.05) is 17.0 Å². The fourth-order valence-electron chi connectivity index (χ4n) is 4.15. The monoisotopic (exact) mass is 455 g/mol. The minimum absolute atomic E-state index is 0.0954. The van der Waals surface area contributed by atoms with Crippen LogP contribution in [-0.4, -0.2) is 41.2 Å². The maximum absolute atomic E-state index is 13.7. The second-order valence-corrected chi connectivity index (χ2v) is 8.22. The minimum Gasteiger partial charge on any atom is -0.493 e. The molecule has 0 saturated heterocycles. The SMILES string of the molecule is COc1cccc(C(=O)N(Cc2nc(-c3ccc(Cl)cc3)no2)C2CCCCC2)c1OC. The summed E-state index contributed by atoms with van der Waals surface area (Å²) in [6.45, 7) is 0.227. The first-order chi connectivity index (χ1) is 15.6. The molecule has 168 valence electrons. The Morgan fingerprint density at radius 1 is 1.09 bits per heavy atom. The molecule has 1 heterocycles. The van der Waals surface area contributed by atoms with Crippen molar-refractivity contribution in [3.63, 3.8) is 0 Å². The summed E-state index contributed by atoms with van der Waals surface area (Å²) in [5, 5.41) is 4.73. The highest BCUT2D eigenvalue weighted by Gasteiger charge is 2.30. The summed E-state index contributed by atoms with van der Waals surface area (Å²) in [5.41, 5.74) is 1.25. The van der Waals surface area contributed by atoms with Crippen LogP contribution in [0.1, 0.15) is 48.4 Å². The van der Waals surface area contributed by atoms with Gasteiger partial charge in [0.1, 0.15) is 6.54 Å². The van der Waals surface area contributed by atoms with E-state index in [1.165, 1.54) is 13.5 Å². The molecule has 1 aliphatic rings. The number of rotatable bonds is 7. The van der Waals surface area contributed by atoms with Gasteiger partial charge in [-0.05, 0) is 49.2 Å². The fourth-order valence-corrected chi connectivity index (χ4v) is 4.28. The Kier molecular flexibility index (Phi) is 6.95. The average Bonchev–Trinajstić information content (AvgIpc) is 3.31. The molecular weight excluding hydrogens is 430 g/mol. The van der Waals surface area contributed by atoms with Crippen molar-refractivity contribution in [3.05, 3.63) is 58.9 Å². The molecule has 0 bridgehead atoms. The number of carbonyl (C=O) groups excluding carboxylic acids is 1. The predicted molar refractivity (Wildman–Crippen MR) is 121 cm³/mol. The molecular formula is C24H26ClN3O4. The van der Waals surface area contributed by atoms with Gasteiger partial charge in [0.2, 0.25) is 11.7 Å². The Balaban J connectivity index is 1.63. The molecule has 1 saturated carbocycles. The van der Waals surface area contributed by atoms with Crippen LogP contribution in [0.2, 0.25) is 5.02 Å². The van der Waals surface area contributed by atoms with Crippen LogP contribution >= 0.6 is 11.6 Å². The third kappa shape index (κ3) is 4.72. The van der Waals surface area contributed by atoms with Crippen molar-refractivity contribution in [2.24, 2.45) is 0 Å². The van der Waals surface area contributed by atoms with Crippen molar-refractivity contribution in [2.45, 2.75) is 44.7 Å². The summed E-state index contributed by atoms with van der Waals surface area (Å²) in [6.07, 6.45) is 5.24. The molecule has 4 rings (SSSR count). The van der Waals surface area contributed by atoms with Crippen molar-refractivity contribution in [2.75, 3.05) is 14.2 Å². The van der Waals surface area contributed by atoms with Crippen molar-refractivity contribution in [1.82, 2.24) is 15.0 Å². The zero-order valence-electron chi connectivity index (χ0n) is 18.2. The number of aromatic nitrogens is 2.